The second-order valence-electron chi connectivity index (χ2n) is 13.6. The number of ether oxygens (including phenoxy) is 1. The van der Waals surface area contributed by atoms with Crippen LogP contribution in [0.25, 0.3) is 0 Å². The maximum absolute atomic E-state index is 14.0. The van der Waals surface area contributed by atoms with Gasteiger partial charge < -0.3 is 24.8 Å². The fraction of sp³-hybridized carbons (Fsp3) is 0.600. The van der Waals surface area contributed by atoms with Crippen molar-refractivity contribution in [2.24, 2.45) is 5.84 Å². The Morgan fingerprint density at radius 3 is 2.40 bits per heavy atom. The van der Waals surface area contributed by atoms with Gasteiger partial charge in [-0.05, 0) is 87.7 Å². The first kappa shape index (κ1) is 33.2. The Bertz CT molecular complexity index is 1420. The number of carbonyl (C=O) groups is 3. The number of hydrogen-bond donors (Lipinski definition) is 2. The summed E-state index contributed by atoms with van der Waals surface area (Å²) < 4.78 is 6.05. The number of amides is 4. The predicted octanol–water partition coefficient (Wildman–Crippen LogP) is 3.17. The molecule has 12 nitrogen and oxygen atoms in total. The molecule has 12 heteroatoms. The van der Waals surface area contributed by atoms with Crippen molar-refractivity contribution in [3.05, 3.63) is 58.9 Å². The van der Waals surface area contributed by atoms with E-state index in [0.29, 0.717) is 51.6 Å². The lowest BCUT2D eigenvalue weighted by Gasteiger charge is -2.39. The fourth-order valence-corrected chi connectivity index (χ4v) is 7.44. The van der Waals surface area contributed by atoms with Gasteiger partial charge >= 0.3 is 12.1 Å². The van der Waals surface area contributed by atoms with Gasteiger partial charge in [-0.2, -0.15) is 0 Å². The van der Waals surface area contributed by atoms with Crippen LogP contribution in [0.4, 0.5) is 15.3 Å². The highest BCUT2D eigenvalue weighted by atomic mass is 16.6. The van der Waals surface area contributed by atoms with Gasteiger partial charge in [0.05, 0.1) is 0 Å². The van der Waals surface area contributed by atoms with E-state index in [9.17, 15) is 14.4 Å². The van der Waals surface area contributed by atoms with Gasteiger partial charge in [0.2, 0.25) is 0 Å². The molecule has 3 fully saturated rings. The molecule has 5 heterocycles. The lowest BCUT2D eigenvalue weighted by molar-refractivity contribution is -0.142. The van der Waals surface area contributed by atoms with Crippen molar-refractivity contribution in [3.63, 3.8) is 0 Å². The van der Waals surface area contributed by atoms with Crippen molar-refractivity contribution < 1.29 is 19.1 Å². The van der Waals surface area contributed by atoms with Crippen molar-refractivity contribution in [1.82, 2.24) is 29.6 Å². The summed E-state index contributed by atoms with van der Waals surface area (Å²) >= 11 is 0. The molecule has 3 saturated heterocycles. The largest absolute Gasteiger partial charge is 0.436 e. The predicted molar refractivity (Wildman–Crippen MR) is 180 cm³/mol. The van der Waals surface area contributed by atoms with Gasteiger partial charge in [0.15, 0.2) is 6.10 Å². The Hall–Kier alpha value is -3.74. The summed E-state index contributed by atoms with van der Waals surface area (Å²) in [6, 6.07) is 10.3. The number of hydrazine groups is 1. The molecule has 4 aliphatic rings. The van der Waals surface area contributed by atoms with Crippen molar-refractivity contribution in [3.8, 4) is 0 Å². The number of aryl methyl sites for hydroxylation is 2. The van der Waals surface area contributed by atoms with Gasteiger partial charge in [0.25, 0.3) is 5.91 Å². The quantitative estimate of drug-likeness (QED) is 0.459. The van der Waals surface area contributed by atoms with Gasteiger partial charge in [0.1, 0.15) is 0 Å². The lowest BCUT2D eigenvalue weighted by Crippen LogP contribution is -2.53. The minimum Gasteiger partial charge on any atom is -0.436 e. The molecule has 254 valence electrons. The number of pyridine rings is 1. The molecule has 6 rings (SSSR count). The molecule has 1 atom stereocenters. The van der Waals surface area contributed by atoms with Crippen LogP contribution >= 0.6 is 0 Å². The van der Waals surface area contributed by atoms with Crippen molar-refractivity contribution >= 4 is 23.7 Å². The fourth-order valence-electron chi connectivity index (χ4n) is 7.44. The van der Waals surface area contributed by atoms with E-state index < -0.39 is 12.2 Å². The molecule has 0 saturated carbocycles. The summed E-state index contributed by atoms with van der Waals surface area (Å²) in [5.74, 6) is 5.89. The van der Waals surface area contributed by atoms with Crippen LogP contribution in [0.3, 0.4) is 0 Å². The van der Waals surface area contributed by atoms with E-state index in [2.05, 4.69) is 21.3 Å². The minimum atomic E-state index is -0.953. The van der Waals surface area contributed by atoms with E-state index in [1.807, 2.05) is 59.1 Å². The molecule has 0 aliphatic carbocycles. The zero-order chi connectivity index (χ0) is 32.9. The molecule has 3 N–H and O–H groups in total. The maximum atomic E-state index is 14.0. The summed E-state index contributed by atoms with van der Waals surface area (Å²) in [5.41, 5.74) is 4.89. The van der Waals surface area contributed by atoms with Gasteiger partial charge in [-0.15, -0.1) is 0 Å². The summed E-state index contributed by atoms with van der Waals surface area (Å²) in [5, 5.41) is 4.95. The van der Waals surface area contributed by atoms with Crippen LogP contribution in [0.1, 0.15) is 54.5 Å². The lowest BCUT2D eigenvalue weighted by atomic mass is 10.0. The minimum absolute atomic E-state index is 0.0314. The molecule has 2 aromatic rings. The van der Waals surface area contributed by atoms with E-state index in [4.69, 9.17) is 10.6 Å². The number of hydrogen-bond acceptors (Lipinski definition) is 8. The van der Waals surface area contributed by atoms with E-state index in [1.165, 1.54) is 0 Å². The Morgan fingerprint density at radius 2 is 1.64 bits per heavy atom. The number of carbonyl (C=O) groups excluding carboxylic acids is 3. The maximum Gasteiger partial charge on any atom is 0.410 e. The number of aromatic nitrogens is 1. The monoisotopic (exact) mass is 646 g/mol. The Labute approximate surface area is 278 Å². The average Bonchev–Trinajstić information content (AvgIpc) is 3.40. The van der Waals surface area contributed by atoms with Crippen molar-refractivity contribution in [2.45, 2.75) is 77.0 Å². The SMILES string of the molecule is Cc1cnc(C[C@@H](OC(=O)N2CCC(N3CCc4ccccc4NC3=O)CC2)C(=O)N2CCC(N3CCCN(N)CC3)CC2)cc1C. The normalized spacial score (nSPS) is 21.4. The second-order valence-corrected chi connectivity index (χ2v) is 13.6. The molecular weight excluding hydrogens is 596 g/mol. The summed E-state index contributed by atoms with van der Waals surface area (Å²) in [7, 11) is 0. The highest BCUT2D eigenvalue weighted by molar-refractivity contribution is 5.91. The van der Waals surface area contributed by atoms with E-state index >= 15 is 0 Å². The number of nitrogens with zero attached hydrogens (tertiary/aromatic N) is 6. The van der Waals surface area contributed by atoms with E-state index in [1.54, 1.807) is 4.90 Å². The molecular formula is C35H50N8O4. The summed E-state index contributed by atoms with van der Waals surface area (Å²) in [6.07, 6.45) is 5.53. The summed E-state index contributed by atoms with van der Waals surface area (Å²) in [4.78, 5) is 53.2. The number of anilines is 1. The molecule has 0 radical (unpaired) electrons. The second kappa shape index (κ2) is 15.0. The number of para-hydroxylation sites is 1. The number of nitrogens with two attached hydrogens (primary N) is 1. The highest BCUT2D eigenvalue weighted by Gasteiger charge is 2.36. The number of rotatable bonds is 6. The number of nitrogens with one attached hydrogen (secondary N) is 1. The van der Waals surface area contributed by atoms with E-state index in [-0.39, 0.29) is 24.4 Å². The molecule has 1 aromatic heterocycles. The zero-order valence-electron chi connectivity index (χ0n) is 27.9. The van der Waals surface area contributed by atoms with Gasteiger partial charge in [0, 0.05) is 88.4 Å². The number of likely N-dealkylation sites (tertiary alicyclic amines) is 2. The molecule has 0 unspecified atom stereocenters. The van der Waals surface area contributed by atoms with Crippen LogP contribution in [0, 0.1) is 13.8 Å². The average molecular weight is 647 g/mol. The first-order chi connectivity index (χ1) is 22.7. The van der Waals surface area contributed by atoms with Gasteiger partial charge in [-0.1, -0.05) is 18.2 Å². The number of urea groups is 1. The topological polar surface area (TPSA) is 128 Å². The molecule has 0 spiro atoms. The third kappa shape index (κ3) is 8.05. The molecule has 4 aliphatic heterocycles. The third-order valence-electron chi connectivity index (χ3n) is 10.5. The first-order valence-corrected chi connectivity index (χ1v) is 17.3. The van der Waals surface area contributed by atoms with Gasteiger partial charge in [-0.3, -0.25) is 20.5 Å². The van der Waals surface area contributed by atoms with Crippen LogP contribution < -0.4 is 11.2 Å². The Morgan fingerprint density at radius 1 is 0.915 bits per heavy atom. The van der Waals surface area contributed by atoms with Crippen LogP contribution in [-0.2, 0) is 22.4 Å². The van der Waals surface area contributed by atoms with E-state index in [0.717, 1.165) is 79.9 Å². The molecule has 47 heavy (non-hydrogen) atoms. The molecule has 1 aromatic carbocycles. The molecule has 4 amide bonds. The number of piperidine rings is 2. The first-order valence-electron chi connectivity index (χ1n) is 17.3. The number of fused-ring (bicyclic) bond motifs is 1. The Balaban J connectivity index is 1.07. The van der Waals surface area contributed by atoms with Crippen molar-refractivity contribution in [1.29, 1.82) is 0 Å². The smallest absolute Gasteiger partial charge is 0.410 e. The Kier molecular flexibility index (Phi) is 10.6. The summed E-state index contributed by atoms with van der Waals surface area (Å²) in [6.45, 7) is 10.6. The zero-order valence-corrected chi connectivity index (χ0v) is 27.9. The van der Waals surface area contributed by atoms with Gasteiger partial charge in [-0.25, -0.2) is 14.6 Å². The van der Waals surface area contributed by atoms with Crippen LogP contribution in [-0.4, -0.2) is 125 Å². The van der Waals surface area contributed by atoms with Crippen LogP contribution in [0.15, 0.2) is 36.5 Å². The van der Waals surface area contributed by atoms with Crippen LogP contribution in [0.5, 0.6) is 0 Å². The highest BCUT2D eigenvalue weighted by Crippen LogP contribution is 2.26. The third-order valence-corrected chi connectivity index (χ3v) is 10.5. The van der Waals surface area contributed by atoms with Crippen molar-refractivity contribution in [2.75, 3.05) is 64.2 Å². The number of benzene rings is 1. The standard InChI is InChI=1S/C35H50N8O4/c1-25-22-28(37-24-26(25)2)23-32(33(44)40-15-9-29(10-16-40)39-13-5-14-42(36)21-20-39)47-35(46)41-17-11-30(12-18-41)43-19-8-27-6-3-4-7-31(27)38-34(43)45/h3-4,6-7,22,24,29-30,32H,5,8-21,23,36H2,1-2H3,(H,38,45)/t32-/m1/s1. The van der Waals surface area contributed by atoms with Crippen LogP contribution in [0.2, 0.25) is 0 Å². The molecule has 0 bridgehead atoms.